The highest BCUT2D eigenvalue weighted by molar-refractivity contribution is 6.08. The second kappa shape index (κ2) is 6.33. The average molecular weight is 232 g/mol. The van der Waals surface area contributed by atoms with Gasteiger partial charge < -0.3 is 0 Å². The number of Topliss-reactive ketones (excluding diaryl/α,β-unsaturated/α-hetero) is 2. The molecule has 2 nitrogen and oxygen atoms in total. The average Bonchev–Trinajstić information content (AvgIpc) is 2.37. The Morgan fingerprint density at radius 2 is 1.71 bits per heavy atom. The lowest BCUT2D eigenvalue weighted by molar-refractivity contribution is -0.121. The van der Waals surface area contributed by atoms with E-state index in [4.69, 9.17) is 0 Å². The second-order valence-corrected chi connectivity index (χ2v) is 4.43. The highest BCUT2D eigenvalue weighted by atomic mass is 16.1. The van der Waals surface area contributed by atoms with Gasteiger partial charge in [-0.2, -0.15) is 0 Å². The summed E-state index contributed by atoms with van der Waals surface area (Å²) in [4.78, 5) is 23.5. The van der Waals surface area contributed by atoms with Gasteiger partial charge in [0.15, 0.2) is 5.78 Å². The van der Waals surface area contributed by atoms with E-state index in [1.165, 1.54) is 5.56 Å². The van der Waals surface area contributed by atoms with Crippen molar-refractivity contribution in [2.75, 3.05) is 0 Å². The van der Waals surface area contributed by atoms with E-state index in [9.17, 15) is 9.59 Å². The van der Waals surface area contributed by atoms with E-state index in [-0.39, 0.29) is 23.9 Å². The number of benzene rings is 1. The Kier molecular flexibility index (Phi) is 5.08. The van der Waals surface area contributed by atoms with Crippen LogP contribution in [0, 0.1) is 5.92 Å². The zero-order valence-corrected chi connectivity index (χ0v) is 10.8. The van der Waals surface area contributed by atoms with Gasteiger partial charge in [-0.3, -0.25) is 9.59 Å². The van der Waals surface area contributed by atoms with E-state index in [1.807, 2.05) is 38.1 Å². The molecular weight excluding hydrogens is 212 g/mol. The second-order valence-electron chi connectivity index (χ2n) is 4.43. The molecule has 2 heteroatoms. The van der Waals surface area contributed by atoms with Gasteiger partial charge in [0.2, 0.25) is 0 Å². The van der Waals surface area contributed by atoms with Crippen LogP contribution in [0.25, 0.3) is 0 Å². The van der Waals surface area contributed by atoms with Gasteiger partial charge >= 0.3 is 0 Å². The van der Waals surface area contributed by atoms with Crippen LogP contribution in [0.2, 0.25) is 0 Å². The molecule has 0 radical (unpaired) electrons. The van der Waals surface area contributed by atoms with Gasteiger partial charge in [0.05, 0.1) is 6.42 Å². The predicted octanol–water partition coefficient (Wildman–Crippen LogP) is 3.44. The lowest BCUT2D eigenvalue weighted by Gasteiger charge is -2.06. The number of carbonyl (C=O) groups excluding carboxylic acids is 2. The Morgan fingerprint density at radius 3 is 2.18 bits per heavy atom. The first-order chi connectivity index (χ1) is 8.08. The molecule has 0 heterocycles. The van der Waals surface area contributed by atoms with Gasteiger partial charge in [-0.25, -0.2) is 0 Å². The molecule has 1 rings (SSSR count). The van der Waals surface area contributed by atoms with Gasteiger partial charge in [0.25, 0.3) is 0 Å². The van der Waals surface area contributed by atoms with Crippen molar-refractivity contribution in [2.45, 2.75) is 40.0 Å². The van der Waals surface area contributed by atoms with Gasteiger partial charge in [-0.1, -0.05) is 45.0 Å². The molecule has 0 aliphatic rings. The molecule has 1 atom stereocenters. The van der Waals surface area contributed by atoms with E-state index in [1.54, 1.807) is 0 Å². The molecule has 0 bridgehead atoms. The molecule has 0 aliphatic heterocycles. The summed E-state index contributed by atoms with van der Waals surface area (Å²) in [5, 5.41) is 0. The number of aryl methyl sites for hydroxylation is 1. The number of carbonyl (C=O) groups is 2. The molecule has 0 N–H and O–H groups in total. The van der Waals surface area contributed by atoms with Crippen molar-refractivity contribution < 1.29 is 9.59 Å². The molecule has 0 aliphatic carbocycles. The van der Waals surface area contributed by atoms with Gasteiger partial charge in [-0.15, -0.1) is 0 Å². The van der Waals surface area contributed by atoms with Crippen molar-refractivity contribution in [3.63, 3.8) is 0 Å². The standard InChI is InChI=1S/C15H20O2/c1-4-11(3)14(16)10-15(17)13-8-6-12(5-2)7-9-13/h6-9,11H,4-5,10H2,1-3H3. The van der Waals surface area contributed by atoms with Crippen molar-refractivity contribution in [3.8, 4) is 0 Å². The summed E-state index contributed by atoms with van der Waals surface area (Å²) < 4.78 is 0. The lowest BCUT2D eigenvalue weighted by Crippen LogP contribution is -2.15. The summed E-state index contributed by atoms with van der Waals surface area (Å²) in [5.41, 5.74) is 1.84. The minimum Gasteiger partial charge on any atom is -0.299 e. The van der Waals surface area contributed by atoms with Gasteiger partial charge in [0, 0.05) is 11.5 Å². The Hall–Kier alpha value is -1.44. The zero-order chi connectivity index (χ0) is 12.8. The number of hydrogen-bond donors (Lipinski definition) is 0. The monoisotopic (exact) mass is 232 g/mol. The number of hydrogen-bond acceptors (Lipinski definition) is 2. The fourth-order valence-corrected chi connectivity index (χ4v) is 1.59. The van der Waals surface area contributed by atoms with Crippen molar-refractivity contribution in [1.29, 1.82) is 0 Å². The molecule has 0 saturated heterocycles. The fraction of sp³-hybridized carbons (Fsp3) is 0.467. The summed E-state index contributed by atoms with van der Waals surface area (Å²) in [7, 11) is 0. The maximum absolute atomic E-state index is 11.9. The first kappa shape index (κ1) is 13.6. The highest BCUT2D eigenvalue weighted by Gasteiger charge is 2.16. The van der Waals surface area contributed by atoms with Crippen LogP contribution >= 0.6 is 0 Å². The Balaban J connectivity index is 2.66. The van der Waals surface area contributed by atoms with Gasteiger partial charge in [0.1, 0.15) is 5.78 Å². The fourth-order valence-electron chi connectivity index (χ4n) is 1.59. The molecule has 1 aromatic rings. The van der Waals surface area contributed by atoms with E-state index in [2.05, 4.69) is 6.92 Å². The summed E-state index contributed by atoms with van der Waals surface area (Å²) in [6.45, 7) is 5.90. The predicted molar refractivity (Wildman–Crippen MR) is 69.2 cm³/mol. The normalized spacial score (nSPS) is 12.2. The zero-order valence-electron chi connectivity index (χ0n) is 10.8. The lowest BCUT2D eigenvalue weighted by atomic mass is 9.96. The van der Waals surface area contributed by atoms with Crippen LogP contribution in [-0.4, -0.2) is 11.6 Å². The third-order valence-electron chi connectivity index (χ3n) is 3.18. The first-order valence-electron chi connectivity index (χ1n) is 6.23. The molecule has 0 amide bonds. The highest BCUT2D eigenvalue weighted by Crippen LogP contribution is 2.11. The molecule has 92 valence electrons. The number of rotatable bonds is 6. The molecule has 17 heavy (non-hydrogen) atoms. The minimum atomic E-state index is -0.0713. The van der Waals surface area contributed by atoms with Crippen LogP contribution < -0.4 is 0 Å². The van der Waals surface area contributed by atoms with E-state index in [0.29, 0.717) is 5.56 Å². The molecule has 0 aromatic heterocycles. The van der Waals surface area contributed by atoms with E-state index in [0.717, 1.165) is 12.8 Å². The molecular formula is C15H20O2. The smallest absolute Gasteiger partial charge is 0.170 e. The third-order valence-corrected chi connectivity index (χ3v) is 3.18. The van der Waals surface area contributed by atoms with Crippen LogP contribution in [0.5, 0.6) is 0 Å². The molecule has 1 unspecified atom stereocenters. The molecule has 0 saturated carbocycles. The maximum atomic E-state index is 11.9. The Morgan fingerprint density at radius 1 is 1.12 bits per heavy atom. The van der Waals surface area contributed by atoms with Crippen molar-refractivity contribution in [1.82, 2.24) is 0 Å². The molecule has 0 spiro atoms. The van der Waals surface area contributed by atoms with Crippen LogP contribution in [0.3, 0.4) is 0 Å². The van der Waals surface area contributed by atoms with E-state index >= 15 is 0 Å². The van der Waals surface area contributed by atoms with Crippen LogP contribution in [0.1, 0.15) is 49.5 Å². The minimum absolute atomic E-state index is 0.0196. The number of ketones is 2. The third kappa shape index (κ3) is 3.81. The molecule has 0 fully saturated rings. The summed E-state index contributed by atoms with van der Waals surface area (Å²) in [6.07, 6.45) is 1.78. The Bertz CT molecular complexity index is 390. The maximum Gasteiger partial charge on any atom is 0.170 e. The topological polar surface area (TPSA) is 34.1 Å². The largest absolute Gasteiger partial charge is 0.299 e. The Labute approximate surface area is 103 Å². The van der Waals surface area contributed by atoms with Crippen molar-refractivity contribution >= 4 is 11.6 Å². The van der Waals surface area contributed by atoms with Gasteiger partial charge in [-0.05, 0) is 18.4 Å². The molecule has 1 aromatic carbocycles. The summed E-state index contributed by atoms with van der Waals surface area (Å²) in [5.74, 6) is -0.0520. The van der Waals surface area contributed by atoms with Crippen LogP contribution in [-0.2, 0) is 11.2 Å². The first-order valence-corrected chi connectivity index (χ1v) is 6.23. The van der Waals surface area contributed by atoms with Crippen molar-refractivity contribution in [2.24, 2.45) is 5.92 Å². The SMILES string of the molecule is CCc1ccc(C(=O)CC(=O)C(C)CC)cc1. The van der Waals surface area contributed by atoms with E-state index < -0.39 is 0 Å². The summed E-state index contributed by atoms with van der Waals surface area (Å²) >= 11 is 0. The van der Waals surface area contributed by atoms with Crippen LogP contribution in [0.4, 0.5) is 0 Å². The quantitative estimate of drug-likeness (QED) is 0.556. The van der Waals surface area contributed by atoms with Crippen molar-refractivity contribution in [3.05, 3.63) is 35.4 Å². The summed E-state index contributed by atoms with van der Waals surface area (Å²) in [6, 6.07) is 7.51. The van der Waals surface area contributed by atoms with Crippen LogP contribution in [0.15, 0.2) is 24.3 Å².